The quantitative estimate of drug-likeness (QED) is 0.910. The van der Waals surface area contributed by atoms with Crippen LogP contribution >= 0.6 is 15.9 Å². The zero-order chi connectivity index (χ0) is 13.4. The third kappa shape index (κ3) is 2.84. The van der Waals surface area contributed by atoms with E-state index in [1.807, 2.05) is 0 Å². The molecule has 3 aliphatic heterocycles. The number of aliphatic hydroxyl groups is 1. The smallest absolute Gasteiger partial charge is 0.126 e. The van der Waals surface area contributed by atoms with Gasteiger partial charge in [0.15, 0.2) is 0 Å². The molecular weight excluding hydrogens is 311 g/mol. The number of fused-ring (bicyclic) bond motifs is 3. The molecule has 3 fully saturated rings. The average Bonchev–Trinajstić information content (AvgIpc) is 2.44. The van der Waals surface area contributed by atoms with Gasteiger partial charge in [-0.1, -0.05) is 15.9 Å². The van der Waals surface area contributed by atoms with Crippen LogP contribution in [0.3, 0.4) is 0 Å². The van der Waals surface area contributed by atoms with Gasteiger partial charge in [0.2, 0.25) is 0 Å². The Kier molecular flexibility index (Phi) is 3.89. The maximum absolute atomic E-state index is 13.7. The van der Waals surface area contributed by atoms with E-state index in [1.54, 1.807) is 12.1 Å². The predicted octanol–water partition coefficient (Wildman–Crippen LogP) is 1.49. The van der Waals surface area contributed by atoms with Crippen molar-refractivity contribution in [2.24, 2.45) is 0 Å². The molecule has 2 unspecified atom stereocenters. The zero-order valence-corrected chi connectivity index (χ0v) is 12.3. The molecule has 2 atom stereocenters. The molecule has 1 aromatic carbocycles. The summed E-state index contributed by atoms with van der Waals surface area (Å²) in [5.74, 6) is -0.237. The van der Waals surface area contributed by atoms with Crippen molar-refractivity contribution in [1.82, 2.24) is 9.80 Å². The second-order valence-electron chi connectivity index (χ2n) is 5.41. The van der Waals surface area contributed by atoms with Crippen LogP contribution in [0, 0.1) is 5.82 Å². The second-order valence-corrected chi connectivity index (χ2v) is 6.33. The van der Waals surface area contributed by atoms with E-state index in [0.29, 0.717) is 12.0 Å². The van der Waals surface area contributed by atoms with Gasteiger partial charge >= 0.3 is 0 Å². The van der Waals surface area contributed by atoms with Crippen molar-refractivity contribution in [3.05, 3.63) is 34.1 Å². The fraction of sp³-hybridized carbons (Fsp3) is 0.571. The highest BCUT2D eigenvalue weighted by Gasteiger charge is 2.36. The standard InChI is InChI=1S/C14H18BrFN2O/c15-11-1-2-12(16)10(7-11)8-14(19)13-9-17-3-5-18(13)6-4-17/h1-2,7,13-14,19H,3-6,8-9H2. The number of rotatable bonds is 3. The highest BCUT2D eigenvalue weighted by Crippen LogP contribution is 2.22. The van der Waals surface area contributed by atoms with Gasteiger partial charge in [-0.3, -0.25) is 9.80 Å². The van der Waals surface area contributed by atoms with Crippen molar-refractivity contribution in [3.63, 3.8) is 0 Å². The molecular formula is C14H18BrFN2O. The summed E-state index contributed by atoms with van der Waals surface area (Å²) in [6.07, 6.45) is -0.132. The maximum Gasteiger partial charge on any atom is 0.126 e. The van der Waals surface area contributed by atoms with Gasteiger partial charge in [-0.15, -0.1) is 0 Å². The number of halogens is 2. The summed E-state index contributed by atoms with van der Waals surface area (Å²) in [7, 11) is 0. The molecule has 19 heavy (non-hydrogen) atoms. The molecule has 3 heterocycles. The number of nitrogens with zero attached hydrogens (tertiary/aromatic N) is 2. The molecule has 3 aliphatic rings. The highest BCUT2D eigenvalue weighted by atomic mass is 79.9. The zero-order valence-electron chi connectivity index (χ0n) is 10.7. The molecule has 2 bridgehead atoms. The predicted molar refractivity (Wildman–Crippen MR) is 75.6 cm³/mol. The van der Waals surface area contributed by atoms with E-state index in [4.69, 9.17) is 0 Å². The third-order valence-electron chi connectivity index (χ3n) is 4.20. The number of benzene rings is 1. The van der Waals surface area contributed by atoms with Gasteiger partial charge < -0.3 is 5.11 Å². The third-order valence-corrected chi connectivity index (χ3v) is 4.70. The molecule has 3 saturated heterocycles. The molecule has 1 N–H and O–H groups in total. The molecule has 104 valence electrons. The lowest BCUT2D eigenvalue weighted by molar-refractivity contribution is -0.0455. The van der Waals surface area contributed by atoms with Crippen LogP contribution < -0.4 is 0 Å². The molecule has 0 aromatic heterocycles. The Labute approximate surface area is 121 Å². The van der Waals surface area contributed by atoms with Crippen LogP contribution in [0.2, 0.25) is 0 Å². The van der Waals surface area contributed by atoms with E-state index < -0.39 is 6.10 Å². The van der Waals surface area contributed by atoms with Gasteiger partial charge in [0, 0.05) is 49.7 Å². The first-order valence-electron chi connectivity index (χ1n) is 6.72. The Bertz CT molecular complexity index is 463. The van der Waals surface area contributed by atoms with Gasteiger partial charge in [-0.25, -0.2) is 4.39 Å². The van der Waals surface area contributed by atoms with Gasteiger partial charge in [0.05, 0.1) is 6.10 Å². The van der Waals surface area contributed by atoms with E-state index in [9.17, 15) is 9.50 Å². The summed E-state index contributed by atoms with van der Waals surface area (Å²) in [4.78, 5) is 4.71. The van der Waals surface area contributed by atoms with E-state index in [-0.39, 0.29) is 11.9 Å². The fourth-order valence-electron chi connectivity index (χ4n) is 3.08. The largest absolute Gasteiger partial charge is 0.391 e. The first-order valence-corrected chi connectivity index (χ1v) is 7.51. The lowest BCUT2D eigenvalue weighted by atomic mass is 9.96. The van der Waals surface area contributed by atoms with Crippen LogP contribution in [-0.4, -0.2) is 59.8 Å². The van der Waals surface area contributed by atoms with Crippen molar-refractivity contribution in [2.45, 2.75) is 18.6 Å². The Hall–Kier alpha value is -0.490. The Morgan fingerprint density at radius 1 is 1.32 bits per heavy atom. The van der Waals surface area contributed by atoms with Gasteiger partial charge in [0.1, 0.15) is 5.82 Å². The number of hydrogen-bond acceptors (Lipinski definition) is 3. The lowest BCUT2D eigenvalue weighted by Gasteiger charge is -2.49. The maximum atomic E-state index is 13.7. The molecule has 0 amide bonds. The van der Waals surface area contributed by atoms with Gasteiger partial charge in [-0.05, 0) is 23.8 Å². The molecule has 0 saturated carbocycles. The van der Waals surface area contributed by atoms with Crippen molar-refractivity contribution in [3.8, 4) is 0 Å². The van der Waals surface area contributed by atoms with Crippen LogP contribution in [0.5, 0.6) is 0 Å². The molecule has 4 rings (SSSR count). The Morgan fingerprint density at radius 3 is 2.68 bits per heavy atom. The summed E-state index contributed by atoms with van der Waals surface area (Å²) >= 11 is 3.35. The van der Waals surface area contributed by atoms with E-state index in [2.05, 4.69) is 25.7 Å². The molecule has 1 aromatic rings. The van der Waals surface area contributed by atoms with Gasteiger partial charge in [0.25, 0.3) is 0 Å². The van der Waals surface area contributed by atoms with E-state index in [0.717, 1.165) is 37.2 Å². The molecule has 0 spiro atoms. The summed E-state index contributed by atoms with van der Waals surface area (Å²) in [6.45, 7) is 5.12. The molecule has 0 aliphatic carbocycles. The monoisotopic (exact) mass is 328 g/mol. The minimum atomic E-state index is -0.508. The second kappa shape index (κ2) is 5.48. The number of hydrogen-bond donors (Lipinski definition) is 1. The van der Waals surface area contributed by atoms with Crippen molar-refractivity contribution in [2.75, 3.05) is 32.7 Å². The summed E-state index contributed by atoms with van der Waals surface area (Å²) in [5, 5.41) is 10.4. The summed E-state index contributed by atoms with van der Waals surface area (Å²) < 4.78 is 14.6. The number of aliphatic hydroxyl groups excluding tert-OH is 1. The molecule has 3 nitrogen and oxygen atoms in total. The minimum Gasteiger partial charge on any atom is -0.391 e. The summed E-state index contributed by atoms with van der Waals surface area (Å²) in [5.41, 5.74) is 0.583. The van der Waals surface area contributed by atoms with Crippen molar-refractivity contribution >= 4 is 15.9 Å². The average molecular weight is 329 g/mol. The first kappa shape index (κ1) is 13.5. The minimum absolute atomic E-state index is 0.140. The normalized spacial score (nSPS) is 31.4. The van der Waals surface area contributed by atoms with Crippen LogP contribution in [-0.2, 0) is 6.42 Å². The van der Waals surface area contributed by atoms with E-state index >= 15 is 0 Å². The first-order chi connectivity index (χ1) is 9.13. The van der Waals surface area contributed by atoms with Crippen LogP contribution in [0.15, 0.2) is 22.7 Å². The van der Waals surface area contributed by atoms with Gasteiger partial charge in [-0.2, -0.15) is 0 Å². The van der Waals surface area contributed by atoms with E-state index in [1.165, 1.54) is 6.07 Å². The lowest BCUT2D eigenvalue weighted by Crippen LogP contribution is -2.64. The topological polar surface area (TPSA) is 26.7 Å². The highest BCUT2D eigenvalue weighted by molar-refractivity contribution is 9.10. The van der Waals surface area contributed by atoms with Crippen molar-refractivity contribution in [1.29, 1.82) is 0 Å². The fourth-order valence-corrected chi connectivity index (χ4v) is 3.49. The van der Waals surface area contributed by atoms with Crippen LogP contribution in [0.25, 0.3) is 0 Å². The van der Waals surface area contributed by atoms with Crippen LogP contribution in [0.4, 0.5) is 4.39 Å². The van der Waals surface area contributed by atoms with Crippen LogP contribution in [0.1, 0.15) is 5.56 Å². The molecule has 5 heteroatoms. The Morgan fingerprint density at radius 2 is 2.05 bits per heavy atom. The SMILES string of the molecule is OC(Cc1cc(Br)ccc1F)C1CN2CCN1CC2. The summed E-state index contributed by atoms with van der Waals surface area (Å²) in [6, 6.07) is 5.03. The Balaban J connectivity index is 1.71. The van der Waals surface area contributed by atoms with Crippen molar-refractivity contribution < 1.29 is 9.50 Å². The number of piperazine rings is 3. The molecule has 0 radical (unpaired) electrons.